The second-order valence-corrected chi connectivity index (χ2v) is 5.47. The minimum absolute atomic E-state index is 0.605. The van der Waals surface area contributed by atoms with Crippen molar-refractivity contribution < 1.29 is 4.74 Å². The van der Waals surface area contributed by atoms with Crippen molar-refractivity contribution in [3.63, 3.8) is 0 Å². The zero-order chi connectivity index (χ0) is 14.0. The van der Waals surface area contributed by atoms with Gasteiger partial charge in [0.05, 0.1) is 5.69 Å². The van der Waals surface area contributed by atoms with E-state index < -0.39 is 0 Å². The Bertz CT molecular complexity index is 593. The van der Waals surface area contributed by atoms with E-state index in [-0.39, 0.29) is 0 Å². The average Bonchev–Trinajstić information content (AvgIpc) is 2.60. The molecular weight excluding hydrogens is 306 g/mol. The summed E-state index contributed by atoms with van der Waals surface area (Å²) in [6, 6.07) is 5.88. The Morgan fingerprint density at radius 1 is 1.42 bits per heavy atom. The van der Waals surface area contributed by atoms with E-state index in [1.54, 1.807) is 4.68 Å². The van der Waals surface area contributed by atoms with Gasteiger partial charge in [-0.05, 0) is 37.1 Å². The third kappa shape index (κ3) is 2.92. The monoisotopic (exact) mass is 323 g/mol. The van der Waals surface area contributed by atoms with E-state index in [1.807, 2.05) is 32.2 Å². The molecule has 0 fully saturated rings. The highest BCUT2D eigenvalue weighted by Crippen LogP contribution is 2.32. The SMILES string of the molecule is CCCc1nn(C)c(Oc2ccc(Br)cc2C)c1N. The molecule has 2 aromatic rings. The molecule has 19 heavy (non-hydrogen) atoms. The summed E-state index contributed by atoms with van der Waals surface area (Å²) in [5, 5.41) is 4.40. The Morgan fingerprint density at radius 3 is 2.79 bits per heavy atom. The first kappa shape index (κ1) is 13.9. The van der Waals surface area contributed by atoms with Crippen LogP contribution in [0.4, 0.5) is 5.69 Å². The number of nitrogen functional groups attached to an aromatic ring is 1. The second kappa shape index (κ2) is 5.65. The van der Waals surface area contributed by atoms with Crippen molar-refractivity contribution in [2.75, 3.05) is 5.73 Å². The van der Waals surface area contributed by atoms with Crippen molar-refractivity contribution in [3.05, 3.63) is 33.9 Å². The average molecular weight is 324 g/mol. The molecule has 2 N–H and O–H groups in total. The number of halogens is 1. The van der Waals surface area contributed by atoms with Gasteiger partial charge in [-0.2, -0.15) is 5.10 Å². The highest BCUT2D eigenvalue weighted by molar-refractivity contribution is 9.10. The molecule has 0 amide bonds. The van der Waals surface area contributed by atoms with E-state index in [0.717, 1.165) is 34.3 Å². The van der Waals surface area contributed by atoms with Crippen LogP contribution in [0.25, 0.3) is 0 Å². The van der Waals surface area contributed by atoms with Gasteiger partial charge >= 0.3 is 0 Å². The molecule has 1 heterocycles. The lowest BCUT2D eigenvalue weighted by Gasteiger charge is -2.09. The lowest BCUT2D eigenvalue weighted by molar-refractivity contribution is 0.429. The Balaban J connectivity index is 2.33. The third-order valence-corrected chi connectivity index (χ3v) is 3.43. The summed E-state index contributed by atoms with van der Waals surface area (Å²) in [5.74, 6) is 1.40. The number of rotatable bonds is 4. The van der Waals surface area contributed by atoms with Crippen LogP contribution in [0.1, 0.15) is 24.6 Å². The number of hydrogen-bond donors (Lipinski definition) is 1. The molecule has 4 nitrogen and oxygen atoms in total. The van der Waals surface area contributed by atoms with Gasteiger partial charge in [0, 0.05) is 11.5 Å². The fraction of sp³-hybridized carbons (Fsp3) is 0.357. The maximum Gasteiger partial charge on any atom is 0.241 e. The van der Waals surface area contributed by atoms with Crippen LogP contribution >= 0.6 is 15.9 Å². The van der Waals surface area contributed by atoms with E-state index in [9.17, 15) is 0 Å². The van der Waals surface area contributed by atoms with Gasteiger partial charge in [-0.3, -0.25) is 0 Å². The minimum Gasteiger partial charge on any atom is -0.437 e. The summed E-state index contributed by atoms with van der Waals surface area (Å²) < 4.78 is 8.63. The number of anilines is 1. The largest absolute Gasteiger partial charge is 0.437 e. The van der Waals surface area contributed by atoms with Gasteiger partial charge in [-0.1, -0.05) is 29.3 Å². The van der Waals surface area contributed by atoms with Crippen LogP contribution in [-0.2, 0) is 13.5 Å². The predicted molar refractivity (Wildman–Crippen MR) is 80.6 cm³/mol. The van der Waals surface area contributed by atoms with Gasteiger partial charge in [0.1, 0.15) is 11.4 Å². The van der Waals surface area contributed by atoms with Crippen LogP contribution in [0.5, 0.6) is 11.6 Å². The smallest absolute Gasteiger partial charge is 0.241 e. The molecule has 1 aromatic heterocycles. The number of aryl methyl sites for hydroxylation is 3. The van der Waals surface area contributed by atoms with Crippen LogP contribution in [0.3, 0.4) is 0 Å². The zero-order valence-electron chi connectivity index (χ0n) is 11.4. The molecule has 0 saturated carbocycles. The minimum atomic E-state index is 0.605. The maximum atomic E-state index is 6.10. The van der Waals surface area contributed by atoms with Gasteiger partial charge in [0.2, 0.25) is 5.88 Å². The Morgan fingerprint density at radius 2 is 2.16 bits per heavy atom. The molecule has 0 aliphatic carbocycles. The molecule has 5 heteroatoms. The standard InChI is InChI=1S/C14H18BrN3O/c1-4-5-11-13(16)14(18(3)17-11)19-12-7-6-10(15)8-9(12)2/h6-8H,4-5,16H2,1-3H3. The van der Waals surface area contributed by atoms with Crippen LogP contribution in [-0.4, -0.2) is 9.78 Å². The number of nitrogens with zero attached hydrogens (tertiary/aromatic N) is 2. The molecule has 0 radical (unpaired) electrons. The van der Waals surface area contributed by atoms with Crippen molar-refractivity contribution in [2.45, 2.75) is 26.7 Å². The van der Waals surface area contributed by atoms with Crippen LogP contribution in [0, 0.1) is 6.92 Å². The summed E-state index contributed by atoms with van der Waals surface area (Å²) in [4.78, 5) is 0. The Labute approximate surface area is 121 Å². The molecule has 0 bridgehead atoms. The molecule has 0 unspecified atom stereocenters. The summed E-state index contributed by atoms with van der Waals surface area (Å²) in [5.41, 5.74) is 8.68. The number of benzene rings is 1. The van der Waals surface area contributed by atoms with Crippen LogP contribution in [0.2, 0.25) is 0 Å². The first-order valence-corrected chi connectivity index (χ1v) is 7.07. The normalized spacial score (nSPS) is 10.7. The van der Waals surface area contributed by atoms with Gasteiger partial charge in [0.15, 0.2) is 0 Å². The second-order valence-electron chi connectivity index (χ2n) is 4.55. The number of aromatic nitrogens is 2. The van der Waals surface area contributed by atoms with Gasteiger partial charge in [-0.25, -0.2) is 4.68 Å². The van der Waals surface area contributed by atoms with E-state index in [0.29, 0.717) is 11.6 Å². The number of ether oxygens (including phenoxy) is 1. The molecule has 0 spiro atoms. The van der Waals surface area contributed by atoms with Crippen molar-refractivity contribution in [3.8, 4) is 11.6 Å². The highest BCUT2D eigenvalue weighted by Gasteiger charge is 2.15. The maximum absolute atomic E-state index is 6.10. The molecule has 0 atom stereocenters. The molecule has 0 aliphatic rings. The summed E-state index contributed by atoms with van der Waals surface area (Å²) >= 11 is 3.44. The molecule has 1 aromatic carbocycles. The van der Waals surface area contributed by atoms with Crippen molar-refractivity contribution >= 4 is 21.6 Å². The van der Waals surface area contributed by atoms with Crippen molar-refractivity contribution in [1.82, 2.24) is 9.78 Å². The molecule has 0 aliphatic heterocycles. The van der Waals surface area contributed by atoms with E-state index in [4.69, 9.17) is 10.5 Å². The first-order chi connectivity index (χ1) is 9.02. The zero-order valence-corrected chi connectivity index (χ0v) is 13.0. The van der Waals surface area contributed by atoms with E-state index in [2.05, 4.69) is 28.0 Å². The fourth-order valence-corrected chi connectivity index (χ4v) is 2.43. The van der Waals surface area contributed by atoms with Crippen molar-refractivity contribution in [2.24, 2.45) is 7.05 Å². The summed E-state index contributed by atoms with van der Waals surface area (Å²) in [6.45, 7) is 4.10. The Hall–Kier alpha value is -1.49. The van der Waals surface area contributed by atoms with E-state index >= 15 is 0 Å². The lowest BCUT2D eigenvalue weighted by Crippen LogP contribution is -1.98. The van der Waals surface area contributed by atoms with Gasteiger partial charge in [-0.15, -0.1) is 0 Å². The molecule has 2 rings (SSSR count). The van der Waals surface area contributed by atoms with Gasteiger partial charge in [0.25, 0.3) is 0 Å². The lowest BCUT2D eigenvalue weighted by atomic mass is 10.2. The molecular formula is C14H18BrN3O. The quantitative estimate of drug-likeness (QED) is 0.930. The highest BCUT2D eigenvalue weighted by atomic mass is 79.9. The first-order valence-electron chi connectivity index (χ1n) is 6.28. The Kier molecular flexibility index (Phi) is 4.14. The van der Waals surface area contributed by atoms with E-state index in [1.165, 1.54) is 0 Å². The number of nitrogens with two attached hydrogens (primary N) is 1. The third-order valence-electron chi connectivity index (χ3n) is 2.94. The van der Waals surface area contributed by atoms with Gasteiger partial charge < -0.3 is 10.5 Å². The van der Waals surface area contributed by atoms with Crippen LogP contribution in [0.15, 0.2) is 22.7 Å². The number of hydrogen-bond acceptors (Lipinski definition) is 3. The summed E-state index contributed by atoms with van der Waals surface area (Å²) in [6.07, 6.45) is 1.88. The topological polar surface area (TPSA) is 53.1 Å². The molecule has 102 valence electrons. The van der Waals surface area contributed by atoms with Crippen molar-refractivity contribution in [1.29, 1.82) is 0 Å². The predicted octanol–water partition coefficient (Wildman–Crippen LogP) is 3.82. The van der Waals surface area contributed by atoms with Crippen LogP contribution < -0.4 is 10.5 Å². The fourth-order valence-electron chi connectivity index (χ4n) is 1.95. The summed E-state index contributed by atoms with van der Waals surface area (Å²) in [7, 11) is 1.85. The molecule has 0 saturated heterocycles.